The van der Waals surface area contributed by atoms with Crippen LogP contribution in [0.1, 0.15) is 36.8 Å². The summed E-state index contributed by atoms with van der Waals surface area (Å²) in [5.41, 5.74) is 8.14. The molecule has 0 amide bonds. The first-order valence-corrected chi connectivity index (χ1v) is 8.61. The summed E-state index contributed by atoms with van der Waals surface area (Å²) in [6.45, 7) is 3.94. The molecular weight excluding hydrogens is 258 g/mol. The van der Waals surface area contributed by atoms with E-state index in [2.05, 4.69) is 0 Å². The first-order chi connectivity index (χ1) is 8.90. The Labute approximate surface area is 116 Å². The minimum atomic E-state index is -3.17. The van der Waals surface area contributed by atoms with Gasteiger partial charge in [-0.2, -0.15) is 0 Å². The molecule has 19 heavy (non-hydrogen) atoms. The second-order valence-electron chi connectivity index (χ2n) is 5.71. The molecule has 0 radical (unpaired) electrons. The first-order valence-electron chi connectivity index (χ1n) is 6.96. The van der Waals surface area contributed by atoms with Crippen LogP contribution in [0.15, 0.2) is 23.1 Å². The Kier molecular flexibility index (Phi) is 4.31. The molecule has 1 aromatic rings. The standard InChI is InChI=1S/C15H23NO2S/c1-11-6-7-14(10-12(11)2)19(17,18)9-8-13-4-3-5-15(13)16/h6-7,10,13,15H,3-5,8-9,16H2,1-2H3. The molecule has 2 rings (SSSR count). The molecule has 0 saturated heterocycles. The SMILES string of the molecule is Cc1ccc(S(=O)(=O)CCC2CCCC2N)cc1C. The van der Waals surface area contributed by atoms with Gasteiger partial charge in [0, 0.05) is 6.04 Å². The highest BCUT2D eigenvalue weighted by molar-refractivity contribution is 7.91. The van der Waals surface area contributed by atoms with E-state index in [1.807, 2.05) is 19.9 Å². The van der Waals surface area contributed by atoms with E-state index in [0.717, 1.165) is 30.4 Å². The summed E-state index contributed by atoms with van der Waals surface area (Å²) in [6, 6.07) is 5.56. The number of nitrogens with two attached hydrogens (primary N) is 1. The van der Waals surface area contributed by atoms with E-state index in [1.165, 1.54) is 0 Å². The van der Waals surface area contributed by atoms with E-state index in [1.54, 1.807) is 12.1 Å². The molecule has 1 aliphatic carbocycles. The maximum absolute atomic E-state index is 12.3. The molecular formula is C15H23NO2S. The van der Waals surface area contributed by atoms with Crippen LogP contribution >= 0.6 is 0 Å². The van der Waals surface area contributed by atoms with Crippen LogP contribution in [0.2, 0.25) is 0 Å². The maximum atomic E-state index is 12.3. The molecule has 4 heteroatoms. The number of aryl methyl sites for hydroxylation is 2. The van der Waals surface area contributed by atoms with E-state index in [0.29, 0.717) is 17.2 Å². The van der Waals surface area contributed by atoms with Gasteiger partial charge in [0.05, 0.1) is 10.6 Å². The Bertz CT molecular complexity index is 551. The highest BCUT2D eigenvalue weighted by atomic mass is 32.2. The van der Waals surface area contributed by atoms with Crippen LogP contribution in [0, 0.1) is 19.8 Å². The molecule has 1 saturated carbocycles. The maximum Gasteiger partial charge on any atom is 0.178 e. The zero-order valence-corrected chi connectivity index (χ0v) is 12.5. The van der Waals surface area contributed by atoms with Crippen LogP contribution < -0.4 is 5.73 Å². The third kappa shape index (κ3) is 3.37. The van der Waals surface area contributed by atoms with E-state index in [4.69, 9.17) is 5.73 Å². The predicted octanol–water partition coefficient (Wildman–Crippen LogP) is 2.59. The van der Waals surface area contributed by atoms with Crippen molar-refractivity contribution >= 4 is 9.84 Å². The number of hydrogen-bond donors (Lipinski definition) is 1. The summed E-state index contributed by atoms with van der Waals surface area (Å²) < 4.78 is 24.6. The number of hydrogen-bond acceptors (Lipinski definition) is 3. The van der Waals surface area contributed by atoms with Gasteiger partial charge in [0.15, 0.2) is 9.84 Å². The van der Waals surface area contributed by atoms with Gasteiger partial charge in [-0.1, -0.05) is 12.5 Å². The third-order valence-electron chi connectivity index (χ3n) is 4.31. The smallest absolute Gasteiger partial charge is 0.178 e. The molecule has 0 spiro atoms. The Hall–Kier alpha value is -0.870. The quantitative estimate of drug-likeness (QED) is 0.922. The van der Waals surface area contributed by atoms with Gasteiger partial charge in [-0.3, -0.25) is 0 Å². The van der Waals surface area contributed by atoms with Crippen molar-refractivity contribution in [3.05, 3.63) is 29.3 Å². The Balaban J connectivity index is 2.07. The second kappa shape index (κ2) is 5.63. The Morgan fingerprint density at radius 3 is 2.53 bits per heavy atom. The molecule has 0 aliphatic heterocycles. The van der Waals surface area contributed by atoms with Gasteiger partial charge in [0.1, 0.15) is 0 Å². The van der Waals surface area contributed by atoms with Crippen molar-refractivity contribution in [2.45, 2.75) is 50.5 Å². The number of benzene rings is 1. The van der Waals surface area contributed by atoms with Crippen LogP contribution in [0.3, 0.4) is 0 Å². The summed E-state index contributed by atoms with van der Waals surface area (Å²) in [4.78, 5) is 0.446. The minimum Gasteiger partial charge on any atom is -0.327 e. The van der Waals surface area contributed by atoms with E-state index >= 15 is 0 Å². The topological polar surface area (TPSA) is 60.2 Å². The fraction of sp³-hybridized carbons (Fsp3) is 0.600. The highest BCUT2D eigenvalue weighted by Crippen LogP contribution is 2.28. The average molecular weight is 281 g/mol. The van der Waals surface area contributed by atoms with Crippen molar-refractivity contribution in [3.8, 4) is 0 Å². The second-order valence-corrected chi connectivity index (χ2v) is 7.82. The van der Waals surface area contributed by atoms with Crippen molar-refractivity contribution in [1.82, 2.24) is 0 Å². The molecule has 106 valence electrons. The summed E-state index contributed by atoms with van der Waals surface area (Å²) in [5, 5.41) is 0. The van der Waals surface area contributed by atoms with Crippen molar-refractivity contribution in [3.63, 3.8) is 0 Å². The minimum absolute atomic E-state index is 0.190. The number of rotatable bonds is 4. The molecule has 1 aromatic carbocycles. The van der Waals surface area contributed by atoms with Crippen molar-refractivity contribution < 1.29 is 8.42 Å². The summed E-state index contributed by atoms with van der Waals surface area (Å²) in [5.74, 6) is 0.592. The lowest BCUT2D eigenvalue weighted by molar-refractivity contribution is 0.464. The molecule has 0 aromatic heterocycles. The molecule has 3 nitrogen and oxygen atoms in total. The lowest BCUT2D eigenvalue weighted by atomic mass is 10.0. The molecule has 2 N–H and O–H groups in total. The van der Waals surface area contributed by atoms with Gasteiger partial charge in [-0.25, -0.2) is 8.42 Å². The van der Waals surface area contributed by atoms with Crippen LogP contribution in [0.4, 0.5) is 0 Å². The summed E-state index contributed by atoms with van der Waals surface area (Å²) in [7, 11) is -3.17. The van der Waals surface area contributed by atoms with Gasteiger partial charge >= 0.3 is 0 Å². The third-order valence-corrected chi connectivity index (χ3v) is 6.06. The van der Waals surface area contributed by atoms with Crippen LogP contribution in [-0.2, 0) is 9.84 Å². The summed E-state index contributed by atoms with van der Waals surface area (Å²) in [6.07, 6.45) is 3.93. The van der Waals surface area contributed by atoms with Crippen LogP contribution in [0.5, 0.6) is 0 Å². The highest BCUT2D eigenvalue weighted by Gasteiger charge is 2.26. The Morgan fingerprint density at radius 2 is 1.95 bits per heavy atom. The lowest BCUT2D eigenvalue weighted by Crippen LogP contribution is -2.26. The van der Waals surface area contributed by atoms with Crippen LogP contribution in [0.25, 0.3) is 0 Å². The lowest BCUT2D eigenvalue weighted by Gasteiger charge is -2.15. The molecule has 1 aliphatic rings. The van der Waals surface area contributed by atoms with Gasteiger partial charge in [-0.05, 0) is 62.3 Å². The zero-order chi connectivity index (χ0) is 14.0. The Morgan fingerprint density at radius 1 is 1.21 bits per heavy atom. The molecule has 2 unspecified atom stereocenters. The van der Waals surface area contributed by atoms with Gasteiger partial charge in [0.2, 0.25) is 0 Å². The van der Waals surface area contributed by atoms with Gasteiger partial charge < -0.3 is 5.73 Å². The van der Waals surface area contributed by atoms with Gasteiger partial charge in [-0.15, -0.1) is 0 Å². The summed E-state index contributed by atoms with van der Waals surface area (Å²) >= 11 is 0. The van der Waals surface area contributed by atoms with E-state index in [9.17, 15) is 8.42 Å². The monoisotopic (exact) mass is 281 g/mol. The van der Waals surface area contributed by atoms with Crippen molar-refractivity contribution in [2.24, 2.45) is 11.7 Å². The first kappa shape index (κ1) is 14.5. The van der Waals surface area contributed by atoms with Crippen LogP contribution in [-0.4, -0.2) is 20.2 Å². The molecule has 0 heterocycles. The van der Waals surface area contributed by atoms with Crippen molar-refractivity contribution in [1.29, 1.82) is 0 Å². The zero-order valence-electron chi connectivity index (χ0n) is 11.7. The normalized spacial score (nSPS) is 23.7. The fourth-order valence-electron chi connectivity index (χ4n) is 2.76. The van der Waals surface area contributed by atoms with E-state index in [-0.39, 0.29) is 11.8 Å². The molecule has 2 atom stereocenters. The fourth-order valence-corrected chi connectivity index (χ4v) is 4.24. The molecule has 0 bridgehead atoms. The largest absolute Gasteiger partial charge is 0.327 e. The predicted molar refractivity (Wildman–Crippen MR) is 77.9 cm³/mol. The van der Waals surface area contributed by atoms with E-state index < -0.39 is 9.84 Å². The van der Waals surface area contributed by atoms with Gasteiger partial charge in [0.25, 0.3) is 0 Å². The molecule has 1 fully saturated rings. The van der Waals surface area contributed by atoms with Crippen molar-refractivity contribution in [2.75, 3.05) is 5.75 Å². The average Bonchev–Trinajstić information content (AvgIpc) is 2.76. The number of sulfone groups is 1.